The standard InChI is InChI=1S/C14H13BrN6O.C14H20FNO/c1-20-8-9(7-17-20)12-11(15)13(18-14(16)22)21(19-12)10-5-3-2-4-6-10;1-11-7-13(9-14(15)8-11)12-3-4-16(10-12)5-6-17-2/h2-8H,1H3,(H3,16,18,22);7-9,12H,3-6,10H2,1-2H3. The van der Waals surface area contributed by atoms with Crippen LogP contribution in [0.15, 0.2) is 65.4 Å². The van der Waals surface area contributed by atoms with E-state index in [1.165, 1.54) is 0 Å². The molecule has 1 aliphatic heterocycles. The van der Waals surface area contributed by atoms with Crippen LogP contribution in [0.3, 0.4) is 0 Å². The minimum absolute atomic E-state index is 0.115. The number of carbonyl (C=O) groups is 1. The third-order valence-electron chi connectivity index (χ3n) is 6.47. The summed E-state index contributed by atoms with van der Waals surface area (Å²) in [4.78, 5) is 13.7. The van der Waals surface area contributed by atoms with Gasteiger partial charge in [-0.05, 0) is 77.1 Å². The maximum absolute atomic E-state index is 13.3. The fraction of sp³-hybridized carbons (Fsp3) is 0.321. The first-order valence-electron chi connectivity index (χ1n) is 12.6. The van der Waals surface area contributed by atoms with Crippen molar-refractivity contribution >= 4 is 27.8 Å². The fourth-order valence-electron chi connectivity index (χ4n) is 4.64. The number of nitrogens with zero attached hydrogens (tertiary/aromatic N) is 5. The largest absolute Gasteiger partial charge is 0.383 e. The maximum atomic E-state index is 13.3. The lowest BCUT2D eigenvalue weighted by Crippen LogP contribution is -2.24. The summed E-state index contributed by atoms with van der Waals surface area (Å²) in [5.74, 6) is 0.828. The molecule has 4 aromatic rings. The molecular weight excluding hydrogens is 565 g/mol. The van der Waals surface area contributed by atoms with E-state index in [-0.39, 0.29) is 5.82 Å². The number of nitrogens with two attached hydrogens (primary N) is 1. The van der Waals surface area contributed by atoms with Gasteiger partial charge in [-0.25, -0.2) is 13.9 Å². The number of primary amides is 1. The van der Waals surface area contributed by atoms with Crippen molar-refractivity contribution in [2.75, 3.05) is 38.7 Å². The Labute approximate surface area is 235 Å². The van der Waals surface area contributed by atoms with Crippen LogP contribution in [0.5, 0.6) is 0 Å². The molecule has 1 unspecified atom stereocenters. The van der Waals surface area contributed by atoms with Gasteiger partial charge < -0.3 is 15.4 Å². The number of carbonyl (C=O) groups excluding carboxylic acids is 1. The number of para-hydroxylation sites is 1. The topological polar surface area (TPSA) is 103 Å². The summed E-state index contributed by atoms with van der Waals surface area (Å²) in [7, 11) is 3.55. The molecule has 2 amide bonds. The number of methoxy groups -OCH3 is 1. The van der Waals surface area contributed by atoms with Crippen LogP contribution in [-0.4, -0.2) is 63.8 Å². The first kappa shape index (κ1) is 28.5. The molecule has 2 aromatic carbocycles. The van der Waals surface area contributed by atoms with E-state index in [2.05, 4.69) is 42.4 Å². The highest BCUT2D eigenvalue weighted by molar-refractivity contribution is 9.10. The maximum Gasteiger partial charge on any atom is 0.317 e. The van der Waals surface area contributed by atoms with Gasteiger partial charge in [-0.15, -0.1) is 0 Å². The molecule has 3 N–H and O–H groups in total. The quantitative estimate of drug-likeness (QED) is 0.309. The molecule has 1 atom stereocenters. The van der Waals surface area contributed by atoms with Crippen molar-refractivity contribution in [1.29, 1.82) is 0 Å². The van der Waals surface area contributed by atoms with Gasteiger partial charge in [0.1, 0.15) is 11.5 Å². The molecule has 1 aliphatic rings. The Bertz CT molecular complexity index is 1390. The van der Waals surface area contributed by atoms with Crippen molar-refractivity contribution < 1.29 is 13.9 Å². The lowest BCUT2D eigenvalue weighted by Gasteiger charge is -2.15. The SMILES string of the molecule is COCCN1CCC(c2cc(C)cc(F)c2)C1.Cn1cc(-c2nn(-c3ccccc3)c(NC(N)=O)c2Br)cn1. The molecule has 0 aliphatic carbocycles. The lowest BCUT2D eigenvalue weighted by molar-refractivity contribution is 0.160. The van der Waals surface area contributed by atoms with E-state index in [4.69, 9.17) is 10.5 Å². The van der Waals surface area contributed by atoms with E-state index >= 15 is 0 Å². The fourth-order valence-corrected chi connectivity index (χ4v) is 5.21. The first-order chi connectivity index (χ1) is 18.7. The summed E-state index contributed by atoms with van der Waals surface area (Å²) in [6.45, 7) is 5.80. The zero-order chi connectivity index (χ0) is 27.9. The third kappa shape index (κ3) is 7.31. The van der Waals surface area contributed by atoms with Crippen LogP contribution in [0.1, 0.15) is 23.5 Å². The predicted molar refractivity (Wildman–Crippen MR) is 153 cm³/mol. The number of nitrogens with one attached hydrogen (secondary N) is 1. The molecule has 0 bridgehead atoms. The number of aromatic nitrogens is 4. The molecule has 2 aromatic heterocycles. The van der Waals surface area contributed by atoms with Gasteiger partial charge in [-0.2, -0.15) is 10.2 Å². The zero-order valence-electron chi connectivity index (χ0n) is 22.3. The van der Waals surface area contributed by atoms with Crippen LogP contribution < -0.4 is 11.1 Å². The van der Waals surface area contributed by atoms with Crippen LogP contribution in [0, 0.1) is 12.7 Å². The van der Waals surface area contributed by atoms with Crippen molar-refractivity contribution in [3.8, 4) is 16.9 Å². The molecule has 0 radical (unpaired) electrons. The Kier molecular flexibility index (Phi) is 9.50. The Hall–Kier alpha value is -3.54. The number of urea groups is 1. The normalized spacial score (nSPS) is 15.2. The Balaban J connectivity index is 0.000000187. The summed E-state index contributed by atoms with van der Waals surface area (Å²) in [5, 5.41) is 11.3. The highest BCUT2D eigenvalue weighted by Gasteiger charge is 2.24. The van der Waals surface area contributed by atoms with Crippen LogP contribution >= 0.6 is 15.9 Å². The molecular formula is C28H33BrFN7O2. The molecule has 0 spiro atoms. The molecule has 0 saturated carbocycles. The van der Waals surface area contributed by atoms with Gasteiger partial charge in [0.25, 0.3) is 0 Å². The first-order valence-corrected chi connectivity index (χ1v) is 13.4. The molecule has 39 heavy (non-hydrogen) atoms. The van der Waals surface area contributed by atoms with Crippen molar-refractivity contribution in [3.63, 3.8) is 0 Å². The molecule has 3 heterocycles. The molecule has 5 rings (SSSR count). The van der Waals surface area contributed by atoms with Crippen molar-refractivity contribution in [1.82, 2.24) is 24.5 Å². The molecule has 1 fully saturated rings. The number of anilines is 1. The van der Waals surface area contributed by atoms with Crippen molar-refractivity contribution in [3.05, 3.63) is 82.3 Å². The second-order valence-electron chi connectivity index (χ2n) is 9.49. The second-order valence-corrected chi connectivity index (χ2v) is 10.3. The van der Waals surface area contributed by atoms with Gasteiger partial charge in [0, 0.05) is 39.0 Å². The number of aryl methyl sites for hydroxylation is 2. The van der Waals surface area contributed by atoms with Crippen LogP contribution in [0.4, 0.5) is 15.0 Å². The van der Waals surface area contributed by atoms with Gasteiger partial charge in [0.2, 0.25) is 0 Å². The summed E-state index contributed by atoms with van der Waals surface area (Å²) < 4.78 is 22.4. The highest BCUT2D eigenvalue weighted by Crippen LogP contribution is 2.35. The lowest BCUT2D eigenvalue weighted by atomic mass is 9.97. The number of amides is 2. The van der Waals surface area contributed by atoms with E-state index < -0.39 is 6.03 Å². The monoisotopic (exact) mass is 597 g/mol. The minimum Gasteiger partial charge on any atom is -0.383 e. The zero-order valence-corrected chi connectivity index (χ0v) is 23.9. The van der Waals surface area contributed by atoms with Crippen molar-refractivity contribution in [2.24, 2.45) is 12.8 Å². The van der Waals surface area contributed by atoms with Crippen LogP contribution in [-0.2, 0) is 11.8 Å². The predicted octanol–water partition coefficient (Wildman–Crippen LogP) is 5.10. The number of halogens is 2. The Morgan fingerprint density at radius 2 is 2.03 bits per heavy atom. The number of likely N-dealkylation sites (tertiary alicyclic amines) is 1. The Morgan fingerprint density at radius 1 is 1.26 bits per heavy atom. The van der Waals surface area contributed by atoms with Gasteiger partial charge >= 0.3 is 6.03 Å². The number of benzene rings is 2. The summed E-state index contributed by atoms with van der Waals surface area (Å²) in [6, 6.07) is 14.2. The minimum atomic E-state index is -0.657. The molecule has 11 heteroatoms. The summed E-state index contributed by atoms with van der Waals surface area (Å²) in [6.07, 6.45) is 4.67. The number of hydrogen-bond donors (Lipinski definition) is 2. The second kappa shape index (κ2) is 13.0. The van der Waals surface area contributed by atoms with E-state index in [1.807, 2.05) is 50.5 Å². The molecule has 1 saturated heterocycles. The number of hydrogen-bond acceptors (Lipinski definition) is 5. The van der Waals surface area contributed by atoms with Gasteiger partial charge in [-0.1, -0.05) is 24.3 Å². The highest BCUT2D eigenvalue weighted by atomic mass is 79.9. The van der Waals surface area contributed by atoms with E-state index in [9.17, 15) is 9.18 Å². The van der Waals surface area contributed by atoms with Gasteiger partial charge in [0.05, 0.1) is 23.0 Å². The summed E-state index contributed by atoms with van der Waals surface area (Å²) >= 11 is 3.48. The summed E-state index contributed by atoms with van der Waals surface area (Å²) in [5.41, 5.74) is 9.72. The molecule has 9 nitrogen and oxygen atoms in total. The number of ether oxygens (including phenoxy) is 1. The Morgan fingerprint density at radius 3 is 2.67 bits per heavy atom. The van der Waals surface area contributed by atoms with Crippen LogP contribution in [0.25, 0.3) is 16.9 Å². The smallest absolute Gasteiger partial charge is 0.317 e. The van der Waals surface area contributed by atoms with Gasteiger partial charge in [0.15, 0.2) is 5.82 Å². The average Bonchev–Trinajstić information content (AvgIpc) is 3.63. The van der Waals surface area contributed by atoms with Crippen molar-refractivity contribution in [2.45, 2.75) is 19.3 Å². The molecule has 206 valence electrons. The van der Waals surface area contributed by atoms with E-state index in [0.717, 1.165) is 55.0 Å². The van der Waals surface area contributed by atoms with E-state index in [0.29, 0.717) is 21.9 Å². The van der Waals surface area contributed by atoms with Crippen LogP contribution in [0.2, 0.25) is 0 Å². The average molecular weight is 599 g/mol. The third-order valence-corrected chi connectivity index (χ3v) is 7.22. The van der Waals surface area contributed by atoms with Gasteiger partial charge in [-0.3, -0.25) is 10.00 Å². The number of rotatable bonds is 7. The van der Waals surface area contributed by atoms with E-state index in [1.54, 1.807) is 34.8 Å².